The molecule has 1 aliphatic carbocycles. The lowest BCUT2D eigenvalue weighted by atomic mass is 9.84. The molecule has 0 bridgehead atoms. The summed E-state index contributed by atoms with van der Waals surface area (Å²) in [5, 5.41) is 6.68. The van der Waals surface area contributed by atoms with E-state index in [0.29, 0.717) is 12.5 Å². The van der Waals surface area contributed by atoms with Gasteiger partial charge < -0.3 is 10.6 Å². The lowest BCUT2D eigenvalue weighted by Crippen LogP contribution is -2.30. The maximum atomic E-state index is 11.5. The van der Waals surface area contributed by atoms with Crippen molar-refractivity contribution in [3.05, 3.63) is 29.3 Å². The molecule has 114 valence electrons. The highest BCUT2D eigenvalue weighted by Crippen LogP contribution is 2.41. The minimum absolute atomic E-state index is 0.142. The van der Waals surface area contributed by atoms with Crippen molar-refractivity contribution in [1.29, 1.82) is 0 Å². The van der Waals surface area contributed by atoms with Gasteiger partial charge in [-0.1, -0.05) is 38.8 Å². The molecule has 1 heterocycles. The second kappa shape index (κ2) is 6.18. The standard InChI is InChI=1S/C18H26N2O/c1-3-19-18(15-6-4-5-12(15)2)14-7-9-16-13(11-14)8-10-17(21)20-16/h7,9,11-12,15,18-19H,3-6,8,10H2,1-2H3,(H,20,21). The number of carbonyl (C=O) groups is 1. The van der Waals surface area contributed by atoms with Crippen LogP contribution in [0.4, 0.5) is 5.69 Å². The topological polar surface area (TPSA) is 41.1 Å². The van der Waals surface area contributed by atoms with E-state index in [4.69, 9.17) is 0 Å². The number of carbonyl (C=O) groups excluding carboxylic acids is 1. The minimum atomic E-state index is 0.142. The number of nitrogens with one attached hydrogen (secondary N) is 2. The molecule has 3 nitrogen and oxygen atoms in total. The first-order valence-electron chi connectivity index (χ1n) is 8.35. The Morgan fingerprint density at radius 3 is 2.90 bits per heavy atom. The van der Waals surface area contributed by atoms with Gasteiger partial charge in [0.05, 0.1) is 0 Å². The lowest BCUT2D eigenvalue weighted by Gasteiger charge is -2.29. The number of amides is 1. The molecule has 1 amide bonds. The summed E-state index contributed by atoms with van der Waals surface area (Å²) >= 11 is 0. The van der Waals surface area contributed by atoms with Gasteiger partial charge >= 0.3 is 0 Å². The summed E-state index contributed by atoms with van der Waals surface area (Å²) in [4.78, 5) is 11.5. The Hall–Kier alpha value is -1.35. The Bertz CT molecular complexity index is 526. The summed E-state index contributed by atoms with van der Waals surface area (Å²) in [5.74, 6) is 1.67. The van der Waals surface area contributed by atoms with Crippen LogP contribution in [-0.4, -0.2) is 12.5 Å². The van der Waals surface area contributed by atoms with Crippen molar-refractivity contribution < 1.29 is 4.79 Å². The molecule has 21 heavy (non-hydrogen) atoms. The second-order valence-corrected chi connectivity index (χ2v) is 6.57. The summed E-state index contributed by atoms with van der Waals surface area (Å²) in [5.41, 5.74) is 3.69. The van der Waals surface area contributed by atoms with Crippen LogP contribution in [0.1, 0.15) is 56.7 Å². The van der Waals surface area contributed by atoms with Gasteiger partial charge in [-0.2, -0.15) is 0 Å². The molecule has 0 radical (unpaired) electrons. The summed E-state index contributed by atoms with van der Waals surface area (Å²) in [6.07, 6.45) is 5.52. The van der Waals surface area contributed by atoms with Crippen LogP contribution >= 0.6 is 0 Å². The van der Waals surface area contributed by atoms with Gasteiger partial charge in [0.1, 0.15) is 0 Å². The molecule has 3 unspecified atom stereocenters. The van der Waals surface area contributed by atoms with E-state index in [-0.39, 0.29) is 5.91 Å². The van der Waals surface area contributed by atoms with E-state index in [1.54, 1.807) is 0 Å². The molecular formula is C18H26N2O. The van der Waals surface area contributed by atoms with E-state index in [9.17, 15) is 4.79 Å². The Morgan fingerprint density at radius 2 is 2.19 bits per heavy atom. The van der Waals surface area contributed by atoms with E-state index in [1.807, 2.05) is 0 Å². The third-order valence-electron chi connectivity index (χ3n) is 5.16. The molecule has 1 aromatic rings. The zero-order chi connectivity index (χ0) is 14.8. The van der Waals surface area contributed by atoms with E-state index in [2.05, 4.69) is 42.7 Å². The normalized spacial score (nSPS) is 26.3. The zero-order valence-electron chi connectivity index (χ0n) is 13.1. The van der Waals surface area contributed by atoms with Crippen molar-refractivity contribution in [3.8, 4) is 0 Å². The molecule has 0 spiro atoms. The predicted octanol–water partition coefficient (Wildman–Crippen LogP) is 3.66. The quantitative estimate of drug-likeness (QED) is 0.887. The Kier molecular flexibility index (Phi) is 4.29. The molecule has 1 fully saturated rings. The molecule has 1 aromatic carbocycles. The minimum Gasteiger partial charge on any atom is -0.326 e. The monoisotopic (exact) mass is 286 g/mol. The second-order valence-electron chi connectivity index (χ2n) is 6.57. The SMILES string of the molecule is CCNC(c1ccc2c(c1)CCC(=O)N2)C1CCCC1C. The number of aryl methyl sites for hydroxylation is 1. The van der Waals surface area contributed by atoms with Crippen molar-refractivity contribution in [2.75, 3.05) is 11.9 Å². The van der Waals surface area contributed by atoms with Gasteiger partial charge in [0.25, 0.3) is 0 Å². The average Bonchev–Trinajstić information content (AvgIpc) is 2.90. The van der Waals surface area contributed by atoms with Crippen molar-refractivity contribution in [2.45, 2.75) is 52.0 Å². The van der Waals surface area contributed by atoms with Gasteiger partial charge in [0.15, 0.2) is 0 Å². The van der Waals surface area contributed by atoms with Gasteiger partial charge in [-0.3, -0.25) is 4.79 Å². The average molecular weight is 286 g/mol. The van der Waals surface area contributed by atoms with Crippen molar-refractivity contribution in [1.82, 2.24) is 5.32 Å². The van der Waals surface area contributed by atoms with Crippen LogP contribution in [0.15, 0.2) is 18.2 Å². The largest absolute Gasteiger partial charge is 0.326 e. The summed E-state index contributed by atoms with van der Waals surface area (Å²) in [7, 11) is 0. The van der Waals surface area contributed by atoms with Crippen LogP contribution < -0.4 is 10.6 Å². The van der Waals surface area contributed by atoms with Gasteiger partial charge in [0, 0.05) is 18.2 Å². The molecule has 3 rings (SSSR count). The van der Waals surface area contributed by atoms with Crippen LogP contribution in [-0.2, 0) is 11.2 Å². The predicted molar refractivity (Wildman–Crippen MR) is 86.3 cm³/mol. The van der Waals surface area contributed by atoms with Crippen LogP contribution in [0.3, 0.4) is 0 Å². The third-order valence-corrected chi connectivity index (χ3v) is 5.16. The number of fused-ring (bicyclic) bond motifs is 1. The fourth-order valence-electron chi connectivity index (χ4n) is 4.00. The number of anilines is 1. The summed E-state index contributed by atoms with van der Waals surface area (Å²) in [6, 6.07) is 7.05. The highest BCUT2D eigenvalue weighted by atomic mass is 16.1. The first-order chi connectivity index (χ1) is 10.2. The van der Waals surface area contributed by atoms with Crippen LogP contribution in [0.2, 0.25) is 0 Å². The van der Waals surface area contributed by atoms with Gasteiger partial charge in [0.2, 0.25) is 5.91 Å². The lowest BCUT2D eigenvalue weighted by molar-refractivity contribution is -0.116. The summed E-state index contributed by atoms with van der Waals surface area (Å²) in [6.45, 7) is 5.58. The number of hydrogen-bond acceptors (Lipinski definition) is 2. The van der Waals surface area contributed by atoms with E-state index >= 15 is 0 Å². The fraction of sp³-hybridized carbons (Fsp3) is 0.611. The van der Waals surface area contributed by atoms with Crippen LogP contribution in [0, 0.1) is 11.8 Å². The Balaban J connectivity index is 1.87. The van der Waals surface area contributed by atoms with E-state index in [0.717, 1.165) is 30.5 Å². The number of rotatable bonds is 4. The van der Waals surface area contributed by atoms with Crippen LogP contribution in [0.25, 0.3) is 0 Å². The molecule has 1 aliphatic heterocycles. The highest BCUT2D eigenvalue weighted by molar-refractivity contribution is 5.93. The molecule has 0 saturated heterocycles. The number of benzene rings is 1. The van der Waals surface area contributed by atoms with Gasteiger partial charge in [-0.25, -0.2) is 0 Å². The Morgan fingerprint density at radius 1 is 1.33 bits per heavy atom. The molecule has 3 atom stereocenters. The van der Waals surface area contributed by atoms with Crippen molar-refractivity contribution in [3.63, 3.8) is 0 Å². The maximum absolute atomic E-state index is 11.5. The number of hydrogen-bond donors (Lipinski definition) is 2. The fourth-order valence-corrected chi connectivity index (χ4v) is 4.00. The van der Waals surface area contributed by atoms with Crippen LogP contribution in [0.5, 0.6) is 0 Å². The molecule has 0 aromatic heterocycles. The molecule has 2 aliphatic rings. The first kappa shape index (κ1) is 14.6. The van der Waals surface area contributed by atoms with Gasteiger partial charge in [-0.05, 0) is 48.4 Å². The third kappa shape index (κ3) is 2.98. The smallest absolute Gasteiger partial charge is 0.224 e. The summed E-state index contributed by atoms with van der Waals surface area (Å²) < 4.78 is 0. The zero-order valence-corrected chi connectivity index (χ0v) is 13.1. The maximum Gasteiger partial charge on any atom is 0.224 e. The molecule has 2 N–H and O–H groups in total. The van der Waals surface area contributed by atoms with Gasteiger partial charge in [-0.15, -0.1) is 0 Å². The highest BCUT2D eigenvalue weighted by Gasteiger charge is 2.31. The molecule has 3 heteroatoms. The van der Waals surface area contributed by atoms with E-state index in [1.165, 1.54) is 30.4 Å². The van der Waals surface area contributed by atoms with E-state index < -0.39 is 0 Å². The first-order valence-corrected chi connectivity index (χ1v) is 8.35. The Labute approximate surface area is 127 Å². The van der Waals surface area contributed by atoms with Crippen molar-refractivity contribution >= 4 is 11.6 Å². The van der Waals surface area contributed by atoms with Crippen molar-refractivity contribution in [2.24, 2.45) is 11.8 Å². The molecular weight excluding hydrogens is 260 g/mol. The molecule has 1 saturated carbocycles.